The molecule has 1 saturated heterocycles. The minimum absolute atomic E-state index is 0.00295. The molecular formula is C23H23N3O3S. The van der Waals surface area contributed by atoms with Gasteiger partial charge in [-0.1, -0.05) is 29.5 Å². The van der Waals surface area contributed by atoms with Crippen LogP contribution in [0.15, 0.2) is 53.1 Å². The number of aryl methyl sites for hydroxylation is 1. The monoisotopic (exact) mass is 421 g/mol. The maximum absolute atomic E-state index is 13.1. The Morgan fingerprint density at radius 3 is 2.57 bits per heavy atom. The van der Waals surface area contributed by atoms with E-state index >= 15 is 0 Å². The number of allylic oxidation sites excluding steroid dienone is 1. The third-order valence-corrected chi connectivity index (χ3v) is 6.66. The molecule has 154 valence electrons. The summed E-state index contributed by atoms with van der Waals surface area (Å²) in [7, 11) is 3.19. The molecule has 0 spiro atoms. The predicted octanol–water partition coefficient (Wildman–Crippen LogP) is 4.23. The van der Waals surface area contributed by atoms with Crippen LogP contribution in [0.25, 0.3) is 0 Å². The molecule has 0 radical (unpaired) electrons. The largest absolute Gasteiger partial charge is 0.497 e. The van der Waals surface area contributed by atoms with Gasteiger partial charge in [0, 0.05) is 23.6 Å². The number of nitriles is 1. The molecule has 2 aromatic rings. The summed E-state index contributed by atoms with van der Waals surface area (Å²) in [5, 5.41) is 10.7. The van der Waals surface area contributed by atoms with Gasteiger partial charge in [-0.2, -0.15) is 5.26 Å². The van der Waals surface area contributed by atoms with E-state index in [9.17, 15) is 10.1 Å². The molecule has 0 bridgehead atoms. The number of nitrogens with zero attached hydrogens (tertiary/aromatic N) is 3. The molecule has 0 N–H and O–H groups in total. The second kappa shape index (κ2) is 8.33. The number of methoxy groups -OCH3 is 2. The van der Waals surface area contributed by atoms with Crippen LogP contribution in [0, 0.1) is 18.3 Å². The molecule has 2 aliphatic rings. The molecule has 0 aromatic heterocycles. The fourth-order valence-corrected chi connectivity index (χ4v) is 5.03. The first-order valence-corrected chi connectivity index (χ1v) is 10.6. The van der Waals surface area contributed by atoms with E-state index in [2.05, 4.69) is 42.2 Å². The zero-order valence-electron chi connectivity index (χ0n) is 17.2. The Bertz CT molecular complexity index is 1040. The minimum Gasteiger partial charge on any atom is -0.497 e. The van der Waals surface area contributed by atoms with Crippen LogP contribution >= 0.6 is 11.8 Å². The van der Waals surface area contributed by atoms with Crippen LogP contribution in [0.5, 0.6) is 11.5 Å². The van der Waals surface area contributed by atoms with Gasteiger partial charge in [-0.3, -0.25) is 9.69 Å². The van der Waals surface area contributed by atoms with Gasteiger partial charge in [0.1, 0.15) is 11.5 Å². The van der Waals surface area contributed by atoms with E-state index in [1.54, 1.807) is 19.1 Å². The zero-order valence-corrected chi connectivity index (χ0v) is 18.0. The highest BCUT2D eigenvalue weighted by Crippen LogP contribution is 2.45. The molecule has 1 unspecified atom stereocenters. The molecule has 6 nitrogen and oxygen atoms in total. The Morgan fingerprint density at radius 2 is 1.90 bits per heavy atom. The summed E-state index contributed by atoms with van der Waals surface area (Å²) in [6, 6.07) is 16.1. The second-order valence-electron chi connectivity index (χ2n) is 7.31. The summed E-state index contributed by atoms with van der Waals surface area (Å²) >= 11 is 1.53. The maximum atomic E-state index is 13.1. The smallest absolute Gasteiger partial charge is 0.229 e. The molecule has 1 fully saturated rings. The highest BCUT2D eigenvalue weighted by molar-refractivity contribution is 8.03. The molecule has 2 aromatic carbocycles. The number of thioether (sulfide) groups is 1. The van der Waals surface area contributed by atoms with Gasteiger partial charge in [0.05, 0.1) is 43.4 Å². The van der Waals surface area contributed by atoms with Crippen molar-refractivity contribution >= 4 is 23.4 Å². The standard InChI is InChI=1S/C23H23N3O3S/c1-15-4-6-16(7-5-15)25-13-26-22(27)11-18(20(12-24)23(26)30-14-25)19-10-17(28-2)8-9-21(19)29-3/h4-10,18H,11,13-14H2,1-3H3. The van der Waals surface area contributed by atoms with Crippen molar-refractivity contribution in [3.63, 3.8) is 0 Å². The van der Waals surface area contributed by atoms with E-state index in [0.29, 0.717) is 29.6 Å². The van der Waals surface area contributed by atoms with Crippen molar-refractivity contribution < 1.29 is 14.3 Å². The molecule has 1 atom stereocenters. The van der Waals surface area contributed by atoms with Crippen LogP contribution in [-0.2, 0) is 4.79 Å². The summed E-state index contributed by atoms with van der Waals surface area (Å²) < 4.78 is 10.9. The van der Waals surface area contributed by atoms with Crippen LogP contribution in [-0.4, -0.2) is 37.6 Å². The maximum Gasteiger partial charge on any atom is 0.229 e. The van der Waals surface area contributed by atoms with Gasteiger partial charge in [-0.05, 0) is 37.3 Å². The van der Waals surface area contributed by atoms with Gasteiger partial charge >= 0.3 is 0 Å². The third-order valence-electron chi connectivity index (χ3n) is 5.50. The quantitative estimate of drug-likeness (QED) is 0.736. The first kappa shape index (κ1) is 20.2. The lowest BCUT2D eigenvalue weighted by molar-refractivity contribution is -0.129. The van der Waals surface area contributed by atoms with Crippen LogP contribution in [0.4, 0.5) is 5.69 Å². The van der Waals surface area contributed by atoms with E-state index in [4.69, 9.17) is 9.47 Å². The minimum atomic E-state index is -0.350. The Balaban J connectivity index is 1.70. The van der Waals surface area contributed by atoms with Gasteiger partial charge in [0.25, 0.3) is 0 Å². The number of benzene rings is 2. The summed E-state index contributed by atoms with van der Waals surface area (Å²) in [5.74, 6) is 1.65. The SMILES string of the molecule is COc1ccc(OC)c(C2CC(=O)N3CN(c4ccc(C)cc4)CSC3=C2C#N)c1. The Hall–Kier alpha value is -3.11. The van der Waals surface area contributed by atoms with Crippen molar-refractivity contribution in [2.24, 2.45) is 0 Å². The Labute approximate surface area is 180 Å². The lowest BCUT2D eigenvalue weighted by Crippen LogP contribution is -2.47. The number of carbonyl (C=O) groups is 1. The topological polar surface area (TPSA) is 65.8 Å². The van der Waals surface area contributed by atoms with Gasteiger partial charge in [-0.15, -0.1) is 0 Å². The highest BCUT2D eigenvalue weighted by Gasteiger charge is 2.39. The van der Waals surface area contributed by atoms with Gasteiger partial charge < -0.3 is 14.4 Å². The number of carbonyl (C=O) groups excluding carboxylic acids is 1. The van der Waals surface area contributed by atoms with Crippen molar-refractivity contribution in [1.29, 1.82) is 5.26 Å². The summed E-state index contributed by atoms with van der Waals surface area (Å²) in [6.45, 7) is 2.49. The highest BCUT2D eigenvalue weighted by atomic mass is 32.2. The van der Waals surface area contributed by atoms with Crippen LogP contribution < -0.4 is 14.4 Å². The average molecular weight is 422 g/mol. The molecule has 1 amide bonds. The zero-order chi connectivity index (χ0) is 21.3. The number of hydrogen-bond donors (Lipinski definition) is 0. The Morgan fingerprint density at radius 1 is 1.13 bits per heavy atom. The first-order chi connectivity index (χ1) is 14.5. The summed E-state index contributed by atoms with van der Waals surface area (Å²) in [5.41, 5.74) is 3.67. The molecule has 0 aliphatic carbocycles. The van der Waals surface area contributed by atoms with E-state index in [-0.39, 0.29) is 18.2 Å². The van der Waals surface area contributed by atoms with E-state index in [1.165, 1.54) is 17.3 Å². The second-order valence-corrected chi connectivity index (χ2v) is 8.24. The van der Waals surface area contributed by atoms with Gasteiger partial charge in [0.15, 0.2) is 0 Å². The molecular weight excluding hydrogens is 398 g/mol. The lowest BCUT2D eigenvalue weighted by atomic mass is 9.86. The number of amides is 1. The normalized spacial score (nSPS) is 18.7. The van der Waals surface area contributed by atoms with Crippen LogP contribution in [0.3, 0.4) is 0 Å². The molecule has 7 heteroatoms. The molecule has 2 heterocycles. The number of rotatable bonds is 4. The fraction of sp³-hybridized carbons (Fsp3) is 0.304. The number of hydrogen-bond acceptors (Lipinski definition) is 6. The third kappa shape index (κ3) is 3.59. The molecule has 0 saturated carbocycles. The number of anilines is 1. The van der Waals surface area contributed by atoms with Crippen molar-refractivity contribution in [2.45, 2.75) is 19.3 Å². The van der Waals surface area contributed by atoms with E-state index in [1.807, 2.05) is 18.2 Å². The Kier molecular flexibility index (Phi) is 5.60. The van der Waals surface area contributed by atoms with Crippen molar-refractivity contribution in [2.75, 3.05) is 31.7 Å². The average Bonchev–Trinajstić information content (AvgIpc) is 2.79. The molecule has 2 aliphatic heterocycles. The van der Waals surface area contributed by atoms with Crippen LogP contribution in [0.1, 0.15) is 23.5 Å². The fourth-order valence-electron chi connectivity index (χ4n) is 3.86. The molecule has 30 heavy (non-hydrogen) atoms. The van der Waals surface area contributed by atoms with Crippen molar-refractivity contribution in [3.05, 3.63) is 64.2 Å². The van der Waals surface area contributed by atoms with Crippen molar-refractivity contribution in [3.8, 4) is 17.6 Å². The van der Waals surface area contributed by atoms with Gasteiger partial charge in [-0.25, -0.2) is 0 Å². The number of fused-ring (bicyclic) bond motifs is 1. The molecule has 4 rings (SSSR count). The first-order valence-electron chi connectivity index (χ1n) is 9.66. The van der Waals surface area contributed by atoms with E-state index < -0.39 is 0 Å². The lowest BCUT2D eigenvalue weighted by Gasteiger charge is -2.42. The van der Waals surface area contributed by atoms with Gasteiger partial charge in [0.2, 0.25) is 5.91 Å². The summed E-state index contributed by atoms with van der Waals surface area (Å²) in [4.78, 5) is 17.0. The van der Waals surface area contributed by atoms with E-state index in [0.717, 1.165) is 16.3 Å². The summed E-state index contributed by atoms with van der Waals surface area (Å²) in [6.07, 6.45) is 0.220. The predicted molar refractivity (Wildman–Crippen MR) is 117 cm³/mol. The van der Waals surface area contributed by atoms with Crippen molar-refractivity contribution in [1.82, 2.24) is 4.90 Å². The van der Waals surface area contributed by atoms with Crippen LogP contribution in [0.2, 0.25) is 0 Å². The number of ether oxygens (including phenoxy) is 2.